The molecule has 1 atom stereocenters. The highest BCUT2D eigenvalue weighted by Gasteiger charge is 2.26. The second-order valence-electron chi connectivity index (χ2n) is 7.87. The molecule has 3 aromatic carbocycles. The maximum Gasteiger partial charge on any atom is 0.143 e. The van der Waals surface area contributed by atoms with Crippen molar-refractivity contribution in [2.24, 2.45) is 0 Å². The Hall–Kier alpha value is -3.90. The highest BCUT2D eigenvalue weighted by atomic mass is 15.2. The molecule has 5 aromatic rings. The lowest BCUT2D eigenvalue weighted by molar-refractivity contribution is 0.816. The van der Waals surface area contributed by atoms with Gasteiger partial charge in [0.15, 0.2) is 0 Å². The zero-order chi connectivity index (χ0) is 20.8. The molecule has 152 valence electrons. The molecule has 0 saturated heterocycles. The summed E-state index contributed by atoms with van der Waals surface area (Å²) >= 11 is 0. The summed E-state index contributed by atoms with van der Waals surface area (Å²) in [6.07, 6.45) is 3.75. The minimum Gasteiger partial charge on any atom is -0.359 e. The second kappa shape index (κ2) is 7.11. The first kappa shape index (κ1) is 17.9. The molecule has 6 rings (SSSR count). The Balaban J connectivity index is 1.43. The van der Waals surface area contributed by atoms with E-state index in [-0.39, 0.29) is 6.17 Å². The Morgan fingerprint density at radius 1 is 0.935 bits per heavy atom. The van der Waals surface area contributed by atoms with Gasteiger partial charge in [-0.05, 0) is 41.8 Å². The number of para-hydroxylation sites is 1. The standard InChI is InChI=1S/C25H22N6/c1-26-12-17-6-4-8-22-23(17)29-25(28-22)24-19-11-15(9-10-21(19)30-31-24)20-14-27-13-16-5-2-3-7-18(16)20/h2-11,13-14,25-26,28-29H,12H2,1H3,(H,30,31). The van der Waals surface area contributed by atoms with Gasteiger partial charge in [-0.15, -0.1) is 0 Å². The van der Waals surface area contributed by atoms with Crippen LogP contribution in [0.2, 0.25) is 0 Å². The van der Waals surface area contributed by atoms with Crippen LogP contribution in [0.15, 0.2) is 73.1 Å². The molecule has 0 bridgehead atoms. The average molecular weight is 406 g/mol. The van der Waals surface area contributed by atoms with Crippen LogP contribution >= 0.6 is 0 Å². The van der Waals surface area contributed by atoms with Gasteiger partial charge in [-0.1, -0.05) is 42.5 Å². The SMILES string of the molecule is CNCc1cccc2c1NC(c1n[nH]c3ccc(-c4cncc5ccccc45)cc13)N2. The molecule has 0 fully saturated rings. The van der Waals surface area contributed by atoms with Crippen molar-refractivity contribution < 1.29 is 0 Å². The Bertz CT molecular complexity index is 1420. The summed E-state index contributed by atoms with van der Waals surface area (Å²) in [4.78, 5) is 4.46. The molecule has 0 saturated carbocycles. The van der Waals surface area contributed by atoms with E-state index in [1.807, 2.05) is 25.5 Å². The molecule has 0 radical (unpaired) electrons. The molecular formula is C25H22N6. The van der Waals surface area contributed by atoms with Crippen LogP contribution in [0.4, 0.5) is 11.4 Å². The van der Waals surface area contributed by atoms with Gasteiger partial charge in [-0.2, -0.15) is 5.10 Å². The summed E-state index contributed by atoms with van der Waals surface area (Å²) in [6, 6.07) is 21.1. The molecule has 6 nitrogen and oxygen atoms in total. The topological polar surface area (TPSA) is 77.7 Å². The van der Waals surface area contributed by atoms with Gasteiger partial charge >= 0.3 is 0 Å². The Kier molecular flexibility index (Phi) is 4.11. The summed E-state index contributed by atoms with van der Waals surface area (Å²) in [6.45, 7) is 0.810. The summed E-state index contributed by atoms with van der Waals surface area (Å²) in [7, 11) is 1.96. The quantitative estimate of drug-likeness (QED) is 0.337. The van der Waals surface area contributed by atoms with E-state index < -0.39 is 0 Å². The number of nitrogens with zero attached hydrogens (tertiary/aromatic N) is 2. The molecular weight excluding hydrogens is 384 g/mol. The molecule has 3 heterocycles. The van der Waals surface area contributed by atoms with Gasteiger partial charge < -0.3 is 16.0 Å². The van der Waals surface area contributed by atoms with Crippen molar-refractivity contribution in [3.05, 3.63) is 84.3 Å². The number of aromatic nitrogens is 3. The van der Waals surface area contributed by atoms with E-state index in [9.17, 15) is 0 Å². The third-order valence-electron chi connectivity index (χ3n) is 5.95. The molecule has 0 aliphatic carbocycles. The van der Waals surface area contributed by atoms with Gasteiger partial charge in [0.05, 0.1) is 16.9 Å². The van der Waals surface area contributed by atoms with Gasteiger partial charge in [0, 0.05) is 35.3 Å². The molecule has 1 aliphatic rings. The van der Waals surface area contributed by atoms with Crippen LogP contribution in [0.25, 0.3) is 32.8 Å². The number of anilines is 2. The van der Waals surface area contributed by atoms with Gasteiger partial charge in [0.1, 0.15) is 11.9 Å². The number of pyridine rings is 1. The van der Waals surface area contributed by atoms with Crippen LogP contribution in [0, 0.1) is 0 Å². The summed E-state index contributed by atoms with van der Waals surface area (Å²) in [5, 5.41) is 21.7. The van der Waals surface area contributed by atoms with Crippen LogP contribution in [0.5, 0.6) is 0 Å². The molecule has 4 N–H and O–H groups in total. The van der Waals surface area contributed by atoms with E-state index in [4.69, 9.17) is 0 Å². The van der Waals surface area contributed by atoms with Crippen LogP contribution in [-0.2, 0) is 6.54 Å². The largest absolute Gasteiger partial charge is 0.359 e. The molecule has 0 amide bonds. The number of benzene rings is 3. The predicted octanol–water partition coefficient (Wildman–Crippen LogP) is 5.03. The summed E-state index contributed by atoms with van der Waals surface area (Å²) in [5.41, 5.74) is 7.69. The minimum atomic E-state index is -0.0948. The normalized spacial score (nSPS) is 15.1. The number of H-pyrrole nitrogens is 1. The highest BCUT2D eigenvalue weighted by Crippen LogP contribution is 2.39. The second-order valence-corrected chi connectivity index (χ2v) is 7.87. The van der Waals surface area contributed by atoms with Crippen molar-refractivity contribution in [3.63, 3.8) is 0 Å². The third kappa shape index (κ3) is 2.92. The fourth-order valence-electron chi connectivity index (χ4n) is 4.47. The Morgan fingerprint density at radius 2 is 1.87 bits per heavy atom. The first-order valence-electron chi connectivity index (χ1n) is 10.4. The molecule has 2 aromatic heterocycles. The van der Waals surface area contributed by atoms with Gasteiger partial charge in [-0.25, -0.2) is 0 Å². The lowest BCUT2D eigenvalue weighted by atomic mass is 9.99. The van der Waals surface area contributed by atoms with Crippen LogP contribution in [-0.4, -0.2) is 22.2 Å². The van der Waals surface area contributed by atoms with Crippen molar-refractivity contribution in [1.29, 1.82) is 0 Å². The summed E-state index contributed by atoms with van der Waals surface area (Å²) in [5.74, 6) is 0. The Labute approximate surface area is 179 Å². The average Bonchev–Trinajstić information content (AvgIpc) is 3.43. The van der Waals surface area contributed by atoms with E-state index in [0.29, 0.717) is 0 Å². The van der Waals surface area contributed by atoms with Crippen LogP contribution < -0.4 is 16.0 Å². The zero-order valence-electron chi connectivity index (χ0n) is 17.1. The number of fused-ring (bicyclic) bond motifs is 3. The van der Waals surface area contributed by atoms with Gasteiger partial charge in [-0.3, -0.25) is 10.1 Å². The van der Waals surface area contributed by atoms with E-state index in [2.05, 4.69) is 85.7 Å². The number of rotatable bonds is 4. The van der Waals surface area contributed by atoms with Crippen LogP contribution in [0.3, 0.4) is 0 Å². The van der Waals surface area contributed by atoms with E-state index >= 15 is 0 Å². The van der Waals surface area contributed by atoms with Crippen molar-refractivity contribution in [2.75, 3.05) is 17.7 Å². The first-order valence-corrected chi connectivity index (χ1v) is 10.4. The van der Waals surface area contributed by atoms with Crippen molar-refractivity contribution >= 4 is 33.1 Å². The fraction of sp³-hybridized carbons (Fsp3) is 0.120. The minimum absolute atomic E-state index is 0.0948. The van der Waals surface area contributed by atoms with Crippen LogP contribution in [0.1, 0.15) is 17.4 Å². The number of aromatic amines is 1. The maximum absolute atomic E-state index is 4.65. The number of nitrogens with one attached hydrogen (secondary N) is 4. The number of hydrogen-bond acceptors (Lipinski definition) is 5. The van der Waals surface area contributed by atoms with Crippen molar-refractivity contribution in [2.45, 2.75) is 12.7 Å². The molecule has 1 unspecified atom stereocenters. The zero-order valence-corrected chi connectivity index (χ0v) is 17.1. The van der Waals surface area contributed by atoms with E-state index in [1.54, 1.807) is 0 Å². The maximum atomic E-state index is 4.65. The molecule has 1 aliphatic heterocycles. The highest BCUT2D eigenvalue weighted by molar-refractivity contribution is 5.98. The van der Waals surface area contributed by atoms with E-state index in [1.165, 1.54) is 10.9 Å². The fourth-order valence-corrected chi connectivity index (χ4v) is 4.47. The molecule has 0 spiro atoms. The lowest BCUT2D eigenvalue weighted by Crippen LogP contribution is -2.13. The monoisotopic (exact) mass is 406 g/mol. The number of hydrogen-bond donors (Lipinski definition) is 4. The first-order chi connectivity index (χ1) is 15.3. The van der Waals surface area contributed by atoms with E-state index in [0.717, 1.165) is 51.0 Å². The third-order valence-corrected chi connectivity index (χ3v) is 5.95. The van der Waals surface area contributed by atoms with Crippen molar-refractivity contribution in [1.82, 2.24) is 20.5 Å². The van der Waals surface area contributed by atoms with Crippen molar-refractivity contribution in [3.8, 4) is 11.1 Å². The van der Waals surface area contributed by atoms with Gasteiger partial charge in [0.25, 0.3) is 0 Å². The van der Waals surface area contributed by atoms with Gasteiger partial charge in [0.2, 0.25) is 0 Å². The lowest BCUT2D eigenvalue weighted by Gasteiger charge is -2.12. The summed E-state index contributed by atoms with van der Waals surface area (Å²) < 4.78 is 0. The predicted molar refractivity (Wildman–Crippen MR) is 126 cm³/mol. The molecule has 31 heavy (non-hydrogen) atoms. The molecule has 6 heteroatoms. The Morgan fingerprint density at radius 3 is 2.81 bits per heavy atom. The smallest absolute Gasteiger partial charge is 0.143 e.